The zero-order valence-electron chi connectivity index (χ0n) is 11.5. The fourth-order valence-corrected chi connectivity index (χ4v) is 5.34. The molecule has 5 aromatic rings. The molecule has 2 aromatic carbocycles. The highest BCUT2D eigenvalue weighted by Crippen LogP contribution is 2.45. The van der Waals surface area contributed by atoms with E-state index in [2.05, 4.69) is 53.3 Å². The molecular weight excluding hydrogens is 310 g/mol. The van der Waals surface area contributed by atoms with Crippen molar-refractivity contribution in [3.8, 4) is 0 Å². The zero-order valence-corrected chi connectivity index (χ0v) is 13.1. The lowest BCUT2D eigenvalue weighted by Crippen LogP contribution is -2.08. The van der Waals surface area contributed by atoms with Crippen molar-refractivity contribution in [2.75, 3.05) is 5.43 Å². The average Bonchev–Trinajstić information content (AvgIpc) is 3.14. The summed E-state index contributed by atoms with van der Waals surface area (Å²) in [5.74, 6) is 6.46. The van der Waals surface area contributed by atoms with E-state index in [9.17, 15) is 0 Å². The van der Waals surface area contributed by atoms with Gasteiger partial charge in [-0.3, -0.25) is 0 Å². The number of anilines is 1. The lowest BCUT2D eigenvalue weighted by molar-refractivity contribution is 1.29. The summed E-state index contributed by atoms with van der Waals surface area (Å²) in [7, 11) is 0. The van der Waals surface area contributed by atoms with Gasteiger partial charge < -0.3 is 5.43 Å². The Morgan fingerprint density at radius 2 is 1.86 bits per heavy atom. The molecule has 3 aromatic heterocycles. The van der Waals surface area contributed by atoms with Crippen LogP contribution < -0.4 is 11.3 Å². The Hall–Kier alpha value is -2.21. The van der Waals surface area contributed by atoms with Crippen LogP contribution in [0.1, 0.15) is 0 Å². The zero-order chi connectivity index (χ0) is 14.7. The van der Waals surface area contributed by atoms with E-state index in [4.69, 9.17) is 10.8 Å². The van der Waals surface area contributed by atoms with Gasteiger partial charge in [-0.25, -0.2) is 10.8 Å². The highest BCUT2D eigenvalue weighted by atomic mass is 32.2. The third-order valence-electron chi connectivity index (χ3n) is 4.06. The number of thiophene rings is 2. The van der Waals surface area contributed by atoms with Crippen molar-refractivity contribution in [3.63, 3.8) is 0 Å². The van der Waals surface area contributed by atoms with Crippen LogP contribution in [0.5, 0.6) is 0 Å². The number of hydrogen-bond donors (Lipinski definition) is 2. The summed E-state index contributed by atoms with van der Waals surface area (Å²) in [5.41, 5.74) is 3.74. The Morgan fingerprint density at radius 3 is 2.77 bits per heavy atom. The molecule has 0 aliphatic rings. The van der Waals surface area contributed by atoms with E-state index in [0.29, 0.717) is 0 Å². The molecular formula is C17H11N3S2. The van der Waals surface area contributed by atoms with Crippen molar-refractivity contribution < 1.29 is 0 Å². The molecule has 3 nitrogen and oxygen atoms in total. The van der Waals surface area contributed by atoms with E-state index in [1.54, 1.807) is 22.7 Å². The van der Waals surface area contributed by atoms with Crippen molar-refractivity contribution in [2.45, 2.75) is 0 Å². The summed E-state index contributed by atoms with van der Waals surface area (Å²) in [6.07, 6.45) is 0. The molecule has 5 rings (SSSR count). The standard InChI is InChI=1S/C17H11N3S2/c18-20-16-15-14(11-7-8-21-17(11)22-15)13-10-4-2-1-3-9(10)5-6-12(13)19-16/h1-8H,18H2,(H,19,20). The molecule has 0 saturated heterocycles. The second-order valence-electron chi connectivity index (χ2n) is 5.21. The summed E-state index contributed by atoms with van der Waals surface area (Å²) >= 11 is 3.52. The summed E-state index contributed by atoms with van der Waals surface area (Å²) < 4.78 is 2.45. The van der Waals surface area contributed by atoms with Gasteiger partial charge in [0.15, 0.2) is 5.82 Å². The van der Waals surface area contributed by atoms with Crippen LogP contribution in [0.4, 0.5) is 5.82 Å². The molecule has 0 spiro atoms. The van der Waals surface area contributed by atoms with E-state index in [-0.39, 0.29) is 0 Å². The number of hydrazine groups is 1. The van der Waals surface area contributed by atoms with Crippen LogP contribution in [0.15, 0.2) is 47.8 Å². The smallest absolute Gasteiger partial charge is 0.158 e. The van der Waals surface area contributed by atoms with Gasteiger partial charge in [-0.05, 0) is 28.3 Å². The quantitative estimate of drug-likeness (QED) is 0.256. The molecule has 0 saturated carbocycles. The normalized spacial score (nSPS) is 11.9. The van der Waals surface area contributed by atoms with Crippen molar-refractivity contribution in [1.29, 1.82) is 0 Å². The molecule has 0 aliphatic carbocycles. The molecule has 3 N–H and O–H groups in total. The van der Waals surface area contributed by atoms with Crippen molar-refractivity contribution in [3.05, 3.63) is 47.8 Å². The SMILES string of the molecule is NNc1nc2ccc3ccccc3c2c2c1sc1sccc12. The highest BCUT2D eigenvalue weighted by Gasteiger charge is 2.16. The summed E-state index contributed by atoms with van der Waals surface area (Å²) in [5, 5.41) is 8.40. The van der Waals surface area contributed by atoms with Crippen LogP contribution in [-0.4, -0.2) is 4.98 Å². The van der Waals surface area contributed by atoms with Crippen LogP contribution in [0.2, 0.25) is 0 Å². The monoisotopic (exact) mass is 321 g/mol. The van der Waals surface area contributed by atoms with Crippen LogP contribution in [0.25, 0.3) is 41.2 Å². The number of nitrogen functional groups attached to an aromatic ring is 1. The predicted molar refractivity (Wildman–Crippen MR) is 97.8 cm³/mol. The lowest BCUT2D eigenvalue weighted by Gasteiger charge is -2.08. The van der Waals surface area contributed by atoms with E-state index < -0.39 is 0 Å². The first-order chi connectivity index (χ1) is 10.9. The van der Waals surface area contributed by atoms with Gasteiger partial charge in [-0.15, -0.1) is 22.7 Å². The third kappa shape index (κ3) is 1.50. The Morgan fingerprint density at radius 1 is 0.955 bits per heavy atom. The molecule has 5 heteroatoms. The fourth-order valence-electron chi connectivity index (χ4n) is 3.13. The maximum absolute atomic E-state index is 5.71. The first-order valence-corrected chi connectivity index (χ1v) is 8.64. The largest absolute Gasteiger partial charge is 0.307 e. The molecule has 0 bridgehead atoms. The van der Waals surface area contributed by atoms with E-state index in [1.807, 2.05) is 0 Å². The maximum Gasteiger partial charge on any atom is 0.158 e. The topological polar surface area (TPSA) is 50.9 Å². The number of pyridine rings is 1. The minimum absolute atomic E-state index is 0.756. The third-order valence-corrected chi connectivity index (χ3v) is 6.31. The average molecular weight is 321 g/mol. The van der Waals surface area contributed by atoms with E-state index >= 15 is 0 Å². The molecule has 0 amide bonds. The maximum atomic E-state index is 5.71. The number of nitrogens with two attached hydrogens (primary N) is 1. The molecule has 0 atom stereocenters. The van der Waals surface area contributed by atoms with Crippen LogP contribution in [-0.2, 0) is 0 Å². The predicted octanol–water partition coefficient (Wildman–Crippen LogP) is 5.10. The highest BCUT2D eigenvalue weighted by molar-refractivity contribution is 7.41. The van der Waals surface area contributed by atoms with Crippen LogP contribution in [0, 0.1) is 0 Å². The number of aromatic nitrogens is 1. The second-order valence-corrected chi connectivity index (χ2v) is 7.41. The van der Waals surface area contributed by atoms with Gasteiger partial charge >= 0.3 is 0 Å². The van der Waals surface area contributed by atoms with Crippen LogP contribution >= 0.6 is 22.7 Å². The Balaban J connectivity index is 2.18. The summed E-state index contributed by atoms with van der Waals surface area (Å²) in [4.78, 5) is 4.73. The van der Waals surface area contributed by atoms with Crippen LogP contribution in [0.3, 0.4) is 0 Å². The molecule has 0 fully saturated rings. The lowest BCUT2D eigenvalue weighted by atomic mass is 10.0. The minimum atomic E-state index is 0.756. The molecule has 0 unspecified atom stereocenters. The second kappa shape index (κ2) is 4.39. The first kappa shape index (κ1) is 12.3. The summed E-state index contributed by atoms with van der Waals surface area (Å²) in [6, 6.07) is 14.9. The Bertz CT molecular complexity index is 1170. The van der Waals surface area contributed by atoms with E-state index in [0.717, 1.165) is 16.0 Å². The number of nitrogens with one attached hydrogen (secondary N) is 1. The van der Waals surface area contributed by atoms with Gasteiger partial charge in [0.05, 0.1) is 14.2 Å². The number of hydrogen-bond acceptors (Lipinski definition) is 5. The molecule has 0 radical (unpaired) electrons. The molecule has 3 heterocycles. The van der Waals surface area contributed by atoms with Gasteiger partial charge in [0.1, 0.15) is 0 Å². The molecule has 106 valence electrons. The van der Waals surface area contributed by atoms with Gasteiger partial charge in [-0.2, -0.15) is 0 Å². The summed E-state index contributed by atoms with van der Waals surface area (Å²) in [6.45, 7) is 0. The fraction of sp³-hybridized carbons (Fsp3) is 0. The Kier molecular flexibility index (Phi) is 2.47. The minimum Gasteiger partial charge on any atom is -0.307 e. The van der Waals surface area contributed by atoms with Gasteiger partial charge in [0.25, 0.3) is 0 Å². The van der Waals surface area contributed by atoms with Gasteiger partial charge in [-0.1, -0.05) is 30.3 Å². The van der Waals surface area contributed by atoms with Crippen molar-refractivity contribution in [1.82, 2.24) is 4.98 Å². The number of benzene rings is 2. The van der Waals surface area contributed by atoms with Gasteiger partial charge in [0.2, 0.25) is 0 Å². The first-order valence-electron chi connectivity index (χ1n) is 6.94. The number of rotatable bonds is 1. The molecule has 0 aliphatic heterocycles. The number of nitrogens with zero attached hydrogens (tertiary/aromatic N) is 1. The van der Waals surface area contributed by atoms with Crippen molar-refractivity contribution >= 4 is 69.7 Å². The Labute approximate surface area is 134 Å². The number of fused-ring (bicyclic) bond motifs is 7. The van der Waals surface area contributed by atoms with E-state index in [1.165, 1.54) is 30.9 Å². The molecule has 22 heavy (non-hydrogen) atoms. The van der Waals surface area contributed by atoms with Gasteiger partial charge in [0, 0.05) is 16.2 Å². The van der Waals surface area contributed by atoms with Crippen molar-refractivity contribution in [2.24, 2.45) is 5.84 Å².